The average Bonchev–Trinajstić information content (AvgIpc) is 3.27. The Labute approximate surface area is 245 Å². The van der Waals surface area contributed by atoms with E-state index in [1.165, 1.54) is 10.4 Å². The van der Waals surface area contributed by atoms with Gasteiger partial charge in [0.25, 0.3) is 8.32 Å². The van der Waals surface area contributed by atoms with Crippen LogP contribution in [0.2, 0.25) is 5.04 Å². The van der Waals surface area contributed by atoms with Gasteiger partial charge in [-0.3, -0.25) is 4.79 Å². The molecule has 218 valence electrons. The first-order chi connectivity index (χ1) is 19.6. The van der Waals surface area contributed by atoms with Gasteiger partial charge in [-0.05, 0) is 41.2 Å². The molecule has 2 aliphatic heterocycles. The predicted octanol–water partition coefficient (Wildman–Crippen LogP) is 4.95. The number of ether oxygens (including phenoxy) is 3. The number of benzene rings is 3. The Hall–Kier alpha value is -2.81. The maximum Gasteiger partial charge on any atom is 0.261 e. The third-order valence-corrected chi connectivity index (χ3v) is 13.2. The highest BCUT2D eigenvalue weighted by molar-refractivity contribution is 6.99. The fourth-order valence-electron chi connectivity index (χ4n) is 6.33. The van der Waals surface area contributed by atoms with Crippen molar-refractivity contribution in [1.29, 1.82) is 0 Å². The molecule has 0 radical (unpaired) electrons. The lowest BCUT2D eigenvalue weighted by Crippen LogP contribution is -2.67. The van der Waals surface area contributed by atoms with Crippen LogP contribution in [0.3, 0.4) is 0 Å². The van der Waals surface area contributed by atoms with Gasteiger partial charge in [-0.25, -0.2) is 0 Å². The molecular formula is C34H43NO5Si. The monoisotopic (exact) mass is 573 g/mol. The molecule has 3 aromatic rings. The van der Waals surface area contributed by atoms with Gasteiger partial charge in [-0.2, -0.15) is 0 Å². The summed E-state index contributed by atoms with van der Waals surface area (Å²) in [4.78, 5) is 12.6. The van der Waals surface area contributed by atoms with Gasteiger partial charge in [0.1, 0.15) is 12.2 Å². The van der Waals surface area contributed by atoms with Gasteiger partial charge in [0.2, 0.25) is 5.91 Å². The molecule has 2 fully saturated rings. The van der Waals surface area contributed by atoms with Gasteiger partial charge in [0.15, 0.2) is 5.79 Å². The normalized spacial score (nSPS) is 24.7. The van der Waals surface area contributed by atoms with Gasteiger partial charge in [0.05, 0.1) is 25.4 Å². The van der Waals surface area contributed by atoms with Crippen LogP contribution in [0.4, 0.5) is 0 Å². The third kappa shape index (κ3) is 6.50. The van der Waals surface area contributed by atoms with E-state index >= 15 is 0 Å². The van der Waals surface area contributed by atoms with Crippen LogP contribution in [0.5, 0.6) is 0 Å². The number of nitrogens with one attached hydrogen (secondary N) is 1. The molecule has 3 aromatic carbocycles. The fourth-order valence-corrected chi connectivity index (χ4v) is 10.9. The topological polar surface area (TPSA) is 66.0 Å². The van der Waals surface area contributed by atoms with Crippen molar-refractivity contribution in [2.75, 3.05) is 6.61 Å². The third-order valence-electron chi connectivity index (χ3n) is 8.15. The molecule has 1 N–H and O–H groups in total. The molecule has 2 saturated heterocycles. The van der Waals surface area contributed by atoms with Crippen molar-refractivity contribution < 1.29 is 23.4 Å². The molecule has 2 aliphatic rings. The van der Waals surface area contributed by atoms with Crippen LogP contribution in [0, 0.1) is 0 Å². The second kappa shape index (κ2) is 12.2. The van der Waals surface area contributed by atoms with Crippen LogP contribution in [-0.4, -0.2) is 51.0 Å². The van der Waals surface area contributed by atoms with Crippen molar-refractivity contribution in [3.63, 3.8) is 0 Å². The maximum absolute atomic E-state index is 12.6. The Morgan fingerprint density at radius 1 is 0.878 bits per heavy atom. The highest BCUT2D eigenvalue weighted by Gasteiger charge is 2.54. The van der Waals surface area contributed by atoms with Gasteiger partial charge < -0.3 is 24.0 Å². The Morgan fingerprint density at radius 2 is 1.44 bits per heavy atom. The lowest BCUT2D eigenvalue weighted by molar-refractivity contribution is -0.158. The van der Waals surface area contributed by atoms with Crippen LogP contribution >= 0.6 is 0 Å². The van der Waals surface area contributed by atoms with Crippen molar-refractivity contribution in [2.24, 2.45) is 0 Å². The van der Waals surface area contributed by atoms with Crippen molar-refractivity contribution in [2.45, 2.75) is 89.2 Å². The predicted molar refractivity (Wildman–Crippen MR) is 164 cm³/mol. The van der Waals surface area contributed by atoms with Gasteiger partial charge in [-0.15, -0.1) is 0 Å². The molecule has 2 heterocycles. The molecular weight excluding hydrogens is 530 g/mol. The van der Waals surface area contributed by atoms with Crippen molar-refractivity contribution in [3.8, 4) is 0 Å². The number of rotatable bonds is 9. The van der Waals surface area contributed by atoms with E-state index in [0.717, 1.165) is 5.56 Å². The number of hydrogen-bond donors (Lipinski definition) is 1. The molecule has 6 nitrogen and oxygen atoms in total. The van der Waals surface area contributed by atoms with E-state index < -0.39 is 26.3 Å². The van der Waals surface area contributed by atoms with E-state index in [-0.39, 0.29) is 23.1 Å². The Morgan fingerprint density at radius 3 is 2.00 bits per heavy atom. The minimum absolute atomic E-state index is 0.00881. The molecule has 5 rings (SSSR count). The van der Waals surface area contributed by atoms with E-state index in [4.69, 9.17) is 18.6 Å². The molecule has 0 aliphatic carbocycles. The molecule has 41 heavy (non-hydrogen) atoms. The van der Waals surface area contributed by atoms with Crippen LogP contribution < -0.4 is 15.7 Å². The number of piperidine rings is 1. The van der Waals surface area contributed by atoms with E-state index in [1.807, 2.05) is 44.2 Å². The minimum Gasteiger partial charge on any atom is -0.405 e. The second-order valence-corrected chi connectivity index (χ2v) is 16.9. The summed E-state index contributed by atoms with van der Waals surface area (Å²) in [5.41, 5.74) is 1.10. The summed E-state index contributed by atoms with van der Waals surface area (Å²) in [5, 5.41) is 5.45. The Bertz CT molecular complexity index is 1240. The molecule has 0 aromatic heterocycles. The van der Waals surface area contributed by atoms with E-state index in [0.29, 0.717) is 26.1 Å². The maximum atomic E-state index is 12.6. The largest absolute Gasteiger partial charge is 0.405 e. The molecule has 1 amide bonds. The summed E-state index contributed by atoms with van der Waals surface area (Å²) >= 11 is 0. The average molecular weight is 574 g/mol. The van der Waals surface area contributed by atoms with Gasteiger partial charge in [0, 0.05) is 6.42 Å². The molecule has 7 heteroatoms. The zero-order valence-electron chi connectivity index (χ0n) is 24.8. The van der Waals surface area contributed by atoms with E-state index in [9.17, 15) is 4.79 Å². The van der Waals surface area contributed by atoms with Crippen LogP contribution in [0.15, 0.2) is 91.0 Å². The quantitative estimate of drug-likeness (QED) is 0.367. The number of amides is 1. The zero-order valence-corrected chi connectivity index (χ0v) is 25.8. The summed E-state index contributed by atoms with van der Waals surface area (Å²) in [5.74, 6) is -0.814. The zero-order chi connectivity index (χ0) is 29.1. The van der Waals surface area contributed by atoms with Gasteiger partial charge in [-0.1, -0.05) is 112 Å². The summed E-state index contributed by atoms with van der Waals surface area (Å²) in [6.07, 6.45) is 0.0408. The highest BCUT2D eigenvalue weighted by atomic mass is 28.4. The summed E-state index contributed by atoms with van der Waals surface area (Å²) in [6, 6.07) is 30.9. The standard InChI is InChI=1S/C34H43NO5Si/c1-33(2,3)41(26-17-11-7-12-18-26,27-19-13-8-14-20-27)38-24-29-32(40-34(4,5)39-29)31-28(21-22-30(36)35-31)37-23-25-15-9-6-10-16-25/h6-20,28-29,31-32H,21-24H2,1-5H3,(H,35,36)/t28-,29-,31-,32-/m1/s1. The first kappa shape index (κ1) is 29.7. The van der Waals surface area contributed by atoms with Crippen molar-refractivity contribution in [3.05, 3.63) is 96.6 Å². The molecule has 4 atom stereocenters. The van der Waals surface area contributed by atoms with Crippen LogP contribution in [-0.2, 0) is 30.0 Å². The van der Waals surface area contributed by atoms with Crippen molar-refractivity contribution in [1.82, 2.24) is 5.32 Å². The minimum atomic E-state index is -2.79. The fraction of sp³-hybridized carbons (Fsp3) is 0.441. The van der Waals surface area contributed by atoms with E-state index in [2.05, 4.69) is 86.8 Å². The second-order valence-electron chi connectivity index (χ2n) is 12.6. The number of carbonyl (C=O) groups excluding carboxylic acids is 1. The lowest BCUT2D eigenvalue weighted by Gasteiger charge is -2.44. The first-order valence-corrected chi connectivity index (χ1v) is 16.6. The van der Waals surface area contributed by atoms with Crippen LogP contribution in [0.1, 0.15) is 53.0 Å². The Balaban J connectivity index is 1.44. The molecule has 0 unspecified atom stereocenters. The summed E-state index contributed by atoms with van der Waals surface area (Å²) in [6.45, 7) is 11.4. The summed E-state index contributed by atoms with van der Waals surface area (Å²) in [7, 11) is -2.79. The SMILES string of the molecule is CC1(C)O[C@@H]([C@@H]2NC(=O)CC[C@H]2OCc2ccccc2)[C@@H](CO[Si](c2ccccc2)(c2ccccc2)C(C)(C)C)O1. The lowest BCUT2D eigenvalue weighted by atomic mass is 9.93. The first-order valence-electron chi connectivity index (χ1n) is 14.6. The Kier molecular flexibility index (Phi) is 8.83. The number of carbonyl (C=O) groups is 1. The highest BCUT2D eigenvalue weighted by Crippen LogP contribution is 2.39. The van der Waals surface area contributed by atoms with Crippen molar-refractivity contribution >= 4 is 24.6 Å². The molecule has 0 bridgehead atoms. The number of hydrogen-bond acceptors (Lipinski definition) is 5. The van der Waals surface area contributed by atoms with Gasteiger partial charge >= 0.3 is 0 Å². The van der Waals surface area contributed by atoms with E-state index in [1.54, 1.807) is 0 Å². The summed E-state index contributed by atoms with van der Waals surface area (Å²) < 4.78 is 26.7. The molecule has 0 spiro atoms. The van der Waals surface area contributed by atoms with Crippen LogP contribution in [0.25, 0.3) is 0 Å². The smallest absolute Gasteiger partial charge is 0.261 e. The molecule has 0 saturated carbocycles.